The summed E-state index contributed by atoms with van der Waals surface area (Å²) in [5.41, 5.74) is -3.09. The van der Waals surface area contributed by atoms with E-state index in [0.717, 1.165) is 46.8 Å². The molecule has 0 spiro atoms. The van der Waals surface area contributed by atoms with Crippen molar-refractivity contribution in [2.45, 2.75) is 44.4 Å². The van der Waals surface area contributed by atoms with Crippen molar-refractivity contribution >= 4 is 39.1 Å². The number of aliphatic carboxylic acids is 1. The number of thiophene rings is 1. The normalized spacial score (nSPS) is 22.6. The van der Waals surface area contributed by atoms with Crippen LogP contribution >= 0.6 is 11.3 Å². The molecule has 1 aliphatic heterocycles. The van der Waals surface area contributed by atoms with E-state index in [9.17, 15) is 41.1 Å². The van der Waals surface area contributed by atoms with Gasteiger partial charge in [-0.3, -0.25) is 14.3 Å². The van der Waals surface area contributed by atoms with Crippen molar-refractivity contribution in [1.82, 2.24) is 9.62 Å². The number of carbonyl (C=O) groups excluding carboxylic acids is 2. The summed E-state index contributed by atoms with van der Waals surface area (Å²) in [6, 6.07) is 5.44. The largest absolute Gasteiger partial charge is 0.479 e. The van der Waals surface area contributed by atoms with E-state index >= 15 is 0 Å². The lowest BCUT2D eigenvalue weighted by atomic mass is 9.83. The van der Waals surface area contributed by atoms with Crippen LogP contribution < -0.4 is 4.72 Å². The van der Waals surface area contributed by atoms with Crippen LogP contribution in [0.15, 0.2) is 41.8 Å². The minimum Gasteiger partial charge on any atom is -0.479 e. The Kier molecular flexibility index (Phi) is 7.56. The first-order chi connectivity index (χ1) is 16.6. The van der Waals surface area contributed by atoms with E-state index < -0.39 is 57.0 Å². The number of benzene rings is 1. The smallest absolute Gasteiger partial charge is 0.416 e. The molecule has 2 amide bonds. The molecule has 2 N–H and O–H groups in total. The molecule has 1 saturated heterocycles. The first kappa shape index (κ1) is 27.7. The van der Waals surface area contributed by atoms with Crippen molar-refractivity contribution in [2.75, 3.05) is 6.26 Å². The third kappa shape index (κ3) is 5.56. The summed E-state index contributed by atoms with van der Waals surface area (Å²) < 4.78 is 64.6. The van der Waals surface area contributed by atoms with Crippen LogP contribution in [-0.4, -0.2) is 48.0 Å². The van der Waals surface area contributed by atoms with Gasteiger partial charge in [0.15, 0.2) is 0 Å². The molecule has 3 rings (SSSR count). The van der Waals surface area contributed by atoms with E-state index in [1.165, 1.54) is 0 Å². The van der Waals surface area contributed by atoms with Gasteiger partial charge >= 0.3 is 12.1 Å². The van der Waals surface area contributed by atoms with Gasteiger partial charge in [0.2, 0.25) is 15.9 Å². The Morgan fingerprint density at radius 1 is 1.19 bits per heavy atom. The topological polar surface area (TPSA) is 121 Å². The fourth-order valence-corrected chi connectivity index (χ4v) is 6.09. The molecular formula is C23H25F3N2O6S2. The zero-order valence-electron chi connectivity index (χ0n) is 19.6. The highest BCUT2D eigenvalue weighted by Gasteiger charge is 2.61. The highest BCUT2D eigenvalue weighted by atomic mass is 32.2. The van der Waals surface area contributed by atoms with Crippen LogP contribution in [0.5, 0.6) is 0 Å². The number of halogens is 3. The summed E-state index contributed by atoms with van der Waals surface area (Å²) in [6.07, 6.45) is -4.30. The maximum Gasteiger partial charge on any atom is 0.416 e. The van der Waals surface area contributed by atoms with E-state index in [0.29, 0.717) is 4.88 Å². The van der Waals surface area contributed by atoms with Gasteiger partial charge in [-0.05, 0) is 54.5 Å². The van der Waals surface area contributed by atoms with E-state index in [1.807, 2.05) is 4.72 Å². The zero-order chi connectivity index (χ0) is 27.1. The van der Waals surface area contributed by atoms with Crippen molar-refractivity contribution in [3.8, 4) is 0 Å². The molecule has 8 nitrogen and oxygen atoms in total. The van der Waals surface area contributed by atoms with Gasteiger partial charge < -0.3 is 10.0 Å². The van der Waals surface area contributed by atoms with Crippen LogP contribution in [-0.2, 0) is 25.8 Å². The molecule has 36 heavy (non-hydrogen) atoms. The molecule has 0 aliphatic carbocycles. The fourth-order valence-electron chi connectivity index (χ4n) is 4.70. The Morgan fingerprint density at radius 2 is 1.81 bits per heavy atom. The highest BCUT2D eigenvalue weighted by Crippen LogP contribution is 2.51. The van der Waals surface area contributed by atoms with E-state index in [-0.39, 0.29) is 24.3 Å². The molecule has 0 unspecified atom stereocenters. The van der Waals surface area contributed by atoms with Gasteiger partial charge in [-0.2, -0.15) is 13.2 Å². The van der Waals surface area contributed by atoms with Crippen LogP contribution in [0.1, 0.15) is 53.5 Å². The molecule has 1 aromatic carbocycles. The Balaban J connectivity index is 2.21. The van der Waals surface area contributed by atoms with Crippen LogP contribution in [0.3, 0.4) is 0 Å². The van der Waals surface area contributed by atoms with Crippen molar-refractivity contribution in [3.05, 3.63) is 57.8 Å². The molecule has 1 aromatic heterocycles. The monoisotopic (exact) mass is 546 g/mol. The average molecular weight is 547 g/mol. The number of carboxylic acids is 1. The number of carboxylic acid groups (broad SMARTS) is 1. The number of nitrogens with one attached hydrogen (secondary N) is 1. The van der Waals surface area contributed by atoms with E-state index in [2.05, 4.69) is 0 Å². The summed E-state index contributed by atoms with van der Waals surface area (Å²) >= 11 is 1.15. The molecule has 13 heteroatoms. The molecule has 3 atom stereocenters. The molecule has 1 fully saturated rings. The molecule has 0 bridgehead atoms. The van der Waals surface area contributed by atoms with Crippen molar-refractivity contribution in [3.63, 3.8) is 0 Å². The van der Waals surface area contributed by atoms with Gasteiger partial charge in [0.05, 0.1) is 23.8 Å². The number of sulfonamides is 1. The Morgan fingerprint density at radius 3 is 2.25 bits per heavy atom. The van der Waals surface area contributed by atoms with Crippen LogP contribution in [0, 0.1) is 11.8 Å². The first-order valence-corrected chi connectivity index (χ1v) is 13.6. The number of hydrogen-bond acceptors (Lipinski definition) is 6. The number of nitrogens with zero attached hydrogens (tertiary/aromatic N) is 1. The predicted molar refractivity (Wildman–Crippen MR) is 126 cm³/mol. The lowest BCUT2D eigenvalue weighted by Gasteiger charge is -2.39. The maximum atomic E-state index is 13.8. The summed E-state index contributed by atoms with van der Waals surface area (Å²) in [5.74, 6) is -4.74. The molecule has 0 radical (unpaired) electrons. The van der Waals surface area contributed by atoms with Gasteiger partial charge in [-0.25, -0.2) is 13.2 Å². The lowest BCUT2D eigenvalue weighted by Crippen LogP contribution is -2.54. The minimum absolute atomic E-state index is 0.0702. The van der Waals surface area contributed by atoms with Gasteiger partial charge in [0.25, 0.3) is 5.91 Å². The first-order valence-electron chi connectivity index (χ1n) is 10.9. The van der Waals surface area contributed by atoms with Crippen LogP contribution in [0.4, 0.5) is 13.2 Å². The molecular weight excluding hydrogens is 521 g/mol. The molecule has 2 aromatic rings. The van der Waals surface area contributed by atoms with Gasteiger partial charge in [-0.1, -0.05) is 19.9 Å². The Bertz CT molecular complexity index is 1240. The predicted octanol–water partition coefficient (Wildman–Crippen LogP) is 3.92. The molecule has 196 valence electrons. The van der Waals surface area contributed by atoms with Crippen molar-refractivity contribution in [1.29, 1.82) is 0 Å². The van der Waals surface area contributed by atoms with Gasteiger partial charge in [0.1, 0.15) is 5.54 Å². The standard InChI is InChI=1S/C23H25F3N2O6S2/c1-13(2)11-22(21(31)32)12-16(19(29)27-36(3,33)34)18(17-5-4-10-35-17)28(22)20(30)14-6-8-15(9-7-14)23(24,25)26/h4-10,13,16,18H,11-12H2,1-3H3,(H,27,29)(H,31,32)/t16-,18+,22-/m0/s1. The van der Waals surface area contributed by atoms with Crippen LogP contribution in [0.25, 0.3) is 0 Å². The second-order valence-corrected chi connectivity index (χ2v) is 11.9. The van der Waals surface area contributed by atoms with Crippen molar-refractivity contribution in [2.24, 2.45) is 11.8 Å². The second kappa shape index (κ2) is 9.85. The van der Waals surface area contributed by atoms with E-state index in [1.54, 1.807) is 31.4 Å². The quantitative estimate of drug-likeness (QED) is 0.543. The Labute approximate surface area is 210 Å². The second-order valence-electron chi connectivity index (χ2n) is 9.19. The summed E-state index contributed by atoms with van der Waals surface area (Å²) in [6.45, 7) is 3.46. The van der Waals surface area contributed by atoms with Gasteiger partial charge in [0, 0.05) is 10.4 Å². The number of likely N-dealkylation sites (tertiary alicyclic amines) is 1. The van der Waals surface area contributed by atoms with E-state index in [4.69, 9.17) is 0 Å². The number of hydrogen-bond donors (Lipinski definition) is 2. The number of rotatable bonds is 7. The number of carbonyl (C=O) groups is 3. The number of alkyl halides is 3. The van der Waals surface area contributed by atoms with Crippen LogP contribution in [0.2, 0.25) is 0 Å². The third-order valence-corrected chi connectivity index (χ3v) is 7.47. The zero-order valence-corrected chi connectivity index (χ0v) is 21.2. The summed E-state index contributed by atoms with van der Waals surface area (Å²) in [7, 11) is -4.00. The minimum atomic E-state index is -4.63. The lowest BCUT2D eigenvalue weighted by molar-refractivity contribution is -0.150. The van der Waals surface area contributed by atoms with Crippen molar-refractivity contribution < 1.29 is 41.1 Å². The third-order valence-electron chi connectivity index (χ3n) is 5.96. The highest BCUT2D eigenvalue weighted by molar-refractivity contribution is 7.89. The molecule has 0 saturated carbocycles. The molecule has 1 aliphatic rings. The SMILES string of the molecule is CC(C)C[C@@]1(C(=O)O)C[C@H](C(=O)NS(C)(=O)=O)[C@H](c2cccs2)N1C(=O)c1ccc(C(F)(F)F)cc1. The maximum absolute atomic E-state index is 13.8. The Hall–Kier alpha value is -2.93. The average Bonchev–Trinajstić information content (AvgIpc) is 3.37. The number of amides is 2. The molecule has 2 heterocycles. The fraction of sp³-hybridized carbons (Fsp3) is 0.435. The summed E-state index contributed by atoms with van der Waals surface area (Å²) in [5, 5.41) is 12.0. The van der Waals surface area contributed by atoms with Gasteiger partial charge in [-0.15, -0.1) is 11.3 Å². The summed E-state index contributed by atoms with van der Waals surface area (Å²) in [4.78, 5) is 41.1.